The predicted molar refractivity (Wildman–Crippen MR) is 57.4 cm³/mol. The highest BCUT2D eigenvalue weighted by atomic mass is 79.9. The third kappa shape index (κ3) is 5.63. The number of halogens is 1. The van der Waals surface area contributed by atoms with Crippen molar-refractivity contribution in [1.82, 2.24) is 0 Å². The molecule has 2 N–H and O–H groups in total. The van der Waals surface area contributed by atoms with Gasteiger partial charge in [0.25, 0.3) is 5.70 Å². The molecule has 0 aliphatic rings. The number of hydrogen-bond donors (Lipinski definition) is 1. The molecule has 0 amide bonds. The Morgan fingerprint density at radius 1 is 1.53 bits per heavy atom. The first-order valence-corrected chi connectivity index (χ1v) is 4.50. The van der Waals surface area contributed by atoms with Gasteiger partial charge in [0.15, 0.2) is 0 Å². The number of esters is 1. The molecule has 0 aromatic heterocycles. The van der Waals surface area contributed by atoms with Gasteiger partial charge in [-0.15, -0.1) is 0 Å². The Labute approximate surface area is 94.4 Å². The highest BCUT2D eigenvalue weighted by molar-refractivity contribution is 9.11. The van der Waals surface area contributed by atoms with Crippen molar-refractivity contribution in [2.75, 3.05) is 7.11 Å². The second-order valence-corrected chi connectivity index (χ2v) is 3.15. The minimum absolute atomic E-state index is 0.281. The standard InChI is InChI=1S/C8H9BrN2O4/c1-15-8(12)3-2-6(9)4-7(5-10)11(13)14/h2-5H,10H2,1H3/b3-2+,6-4+,7-5-. The smallest absolute Gasteiger partial charge is 0.330 e. The van der Waals surface area contributed by atoms with E-state index in [9.17, 15) is 14.9 Å². The van der Waals surface area contributed by atoms with Crippen LogP contribution >= 0.6 is 15.9 Å². The molecular formula is C8H9BrN2O4. The van der Waals surface area contributed by atoms with Gasteiger partial charge in [-0.3, -0.25) is 10.1 Å². The van der Waals surface area contributed by atoms with Crippen molar-refractivity contribution in [3.8, 4) is 0 Å². The summed E-state index contributed by atoms with van der Waals surface area (Å²) in [4.78, 5) is 20.4. The molecule has 0 saturated heterocycles. The lowest BCUT2D eigenvalue weighted by atomic mass is 10.4. The number of ether oxygens (including phenoxy) is 1. The van der Waals surface area contributed by atoms with Crippen LogP contribution in [0.1, 0.15) is 0 Å². The molecule has 0 aromatic rings. The first-order valence-electron chi connectivity index (χ1n) is 3.70. The van der Waals surface area contributed by atoms with Crippen LogP contribution in [0.25, 0.3) is 0 Å². The number of nitrogens with two attached hydrogens (primary N) is 1. The van der Waals surface area contributed by atoms with Gasteiger partial charge in [-0.25, -0.2) is 4.79 Å². The Morgan fingerprint density at radius 3 is 2.53 bits per heavy atom. The van der Waals surface area contributed by atoms with Gasteiger partial charge in [0, 0.05) is 16.6 Å². The fourth-order valence-corrected chi connectivity index (χ4v) is 0.933. The first kappa shape index (κ1) is 13.4. The lowest BCUT2D eigenvalue weighted by Crippen LogP contribution is -1.99. The summed E-state index contributed by atoms with van der Waals surface area (Å²) in [7, 11) is 1.23. The summed E-state index contributed by atoms with van der Waals surface area (Å²) in [5, 5.41) is 10.3. The molecule has 0 aromatic carbocycles. The molecule has 0 spiro atoms. The molecule has 0 heterocycles. The van der Waals surface area contributed by atoms with Crippen molar-refractivity contribution in [2.45, 2.75) is 0 Å². The van der Waals surface area contributed by atoms with Crippen LogP contribution in [0.5, 0.6) is 0 Å². The molecule has 0 aliphatic heterocycles. The highest BCUT2D eigenvalue weighted by Crippen LogP contribution is 2.10. The lowest BCUT2D eigenvalue weighted by molar-refractivity contribution is -0.419. The Morgan fingerprint density at radius 2 is 2.13 bits per heavy atom. The van der Waals surface area contributed by atoms with Crippen LogP contribution in [-0.2, 0) is 9.53 Å². The lowest BCUT2D eigenvalue weighted by Gasteiger charge is -1.91. The Balaban J connectivity index is 4.64. The van der Waals surface area contributed by atoms with Gasteiger partial charge in [-0.1, -0.05) is 15.9 Å². The third-order valence-corrected chi connectivity index (χ3v) is 1.74. The predicted octanol–water partition coefficient (Wildman–Crippen LogP) is 1.07. The van der Waals surface area contributed by atoms with Gasteiger partial charge in [0.2, 0.25) is 0 Å². The van der Waals surface area contributed by atoms with E-state index in [0.717, 1.165) is 12.3 Å². The van der Waals surface area contributed by atoms with Crippen molar-refractivity contribution < 1.29 is 14.5 Å². The highest BCUT2D eigenvalue weighted by Gasteiger charge is 2.05. The number of methoxy groups -OCH3 is 1. The summed E-state index contributed by atoms with van der Waals surface area (Å²) in [6.45, 7) is 0. The van der Waals surface area contributed by atoms with Gasteiger partial charge in [-0.05, 0) is 6.08 Å². The molecule has 0 bridgehead atoms. The maximum Gasteiger partial charge on any atom is 0.330 e. The fourth-order valence-electron chi connectivity index (χ4n) is 0.567. The van der Waals surface area contributed by atoms with Gasteiger partial charge >= 0.3 is 5.97 Å². The van der Waals surface area contributed by atoms with E-state index in [1.165, 1.54) is 19.3 Å². The van der Waals surface area contributed by atoms with Crippen LogP contribution in [0, 0.1) is 10.1 Å². The van der Waals surface area contributed by atoms with Gasteiger partial charge < -0.3 is 10.5 Å². The van der Waals surface area contributed by atoms with Crippen molar-refractivity contribution >= 4 is 21.9 Å². The molecule has 7 heteroatoms. The number of hydrogen-bond acceptors (Lipinski definition) is 5. The average molecular weight is 277 g/mol. The summed E-state index contributed by atoms with van der Waals surface area (Å²) in [5.41, 5.74) is 4.74. The van der Waals surface area contributed by atoms with Crippen LogP contribution in [0.3, 0.4) is 0 Å². The Hall–Kier alpha value is -1.63. The quantitative estimate of drug-likeness (QED) is 0.272. The largest absolute Gasteiger partial charge is 0.466 e. The minimum atomic E-state index is -0.646. The van der Waals surface area contributed by atoms with Gasteiger partial charge in [-0.2, -0.15) is 0 Å². The van der Waals surface area contributed by atoms with Crippen molar-refractivity contribution in [1.29, 1.82) is 0 Å². The normalized spacial score (nSPS) is 12.9. The maximum atomic E-state index is 10.7. The summed E-state index contributed by atoms with van der Waals surface area (Å²) >= 11 is 3.01. The summed E-state index contributed by atoms with van der Waals surface area (Å²) in [5.74, 6) is -0.556. The summed E-state index contributed by atoms with van der Waals surface area (Å²) in [6, 6.07) is 0. The van der Waals surface area contributed by atoms with Crippen LogP contribution in [0.4, 0.5) is 0 Å². The fraction of sp³-hybridized carbons (Fsp3) is 0.125. The molecular weight excluding hydrogens is 268 g/mol. The second kappa shape index (κ2) is 6.77. The van der Waals surface area contributed by atoms with Gasteiger partial charge in [0.05, 0.1) is 18.2 Å². The number of allylic oxidation sites excluding steroid dienone is 3. The molecule has 15 heavy (non-hydrogen) atoms. The maximum absolute atomic E-state index is 10.7. The number of carbonyl (C=O) groups is 1. The molecule has 0 saturated carbocycles. The monoisotopic (exact) mass is 276 g/mol. The van der Waals surface area contributed by atoms with Crippen LogP contribution in [0.15, 0.2) is 34.6 Å². The van der Waals surface area contributed by atoms with Crippen molar-refractivity contribution in [3.63, 3.8) is 0 Å². The topological polar surface area (TPSA) is 95.5 Å². The Kier molecular flexibility index (Phi) is 6.03. The van der Waals surface area contributed by atoms with Gasteiger partial charge in [0.1, 0.15) is 0 Å². The molecule has 6 nitrogen and oxygen atoms in total. The zero-order valence-corrected chi connectivity index (χ0v) is 9.43. The Bertz CT molecular complexity index is 347. The van der Waals surface area contributed by atoms with Crippen LogP contribution in [0.2, 0.25) is 0 Å². The van der Waals surface area contributed by atoms with Crippen LogP contribution in [-0.4, -0.2) is 18.0 Å². The molecule has 0 unspecified atom stereocenters. The zero-order valence-electron chi connectivity index (χ0n) is 7.84. The van der Waals surface area contributed by atoms with E-state index in [0.29, 0.717) is 4.48 Å². The van der Waals surface area contributed by atoms with Crippen molar-refractivity contribution in [3.05, 3.63) is 44.7 Å². The summed E-state index contributed by atoms with van der Waals surface area (Å²) in [6.07, 6.45) is 4.46. The molecule has 0 rings (SSSR count). The molecule has 82 valence electrons. The molecule has 0 aliphatic carbocycles. The minimum Gasteiger partial charge on any atom is -0.466 e. The van der Waals surface area contributed by atoms with E-state index >= 15 is 0 Å². The second-order valence-electron chi connectivity index (χ2n) is 2.23. The zero-order chi connectivity index (χ0) is 11.8. The number of rotatable bonds is 4. The number of carbonyl (C=O) groups excluding carboxylic acids is 1. The average Bonchev–Trinajstić information content (AvgIpc) is 2.21. The van der Waals surface area contributed by atoms with E-state index < -0.39 is 10.9 Å². The number of nitro groups is 1. The van der Waals surface area contributed by atoms with Crippen LogP contribution < -0.4 is 5.73 Å². The summed E-state index contributed by atoms with van der Waals surface area (Å²) < 4.78 is 4.67. The number of nitrogens with zero attached hydrogens (tertiary/aromatic N) is 1. The van der Waals surface area contributed by atoms with E-state index in [1.807, 2.05) is 0 Å². The van der Waals surface area contributed by atoms with E-state index in [4.69, 9.17) is 5.73 Å². The van der Waals surface area contributed by atoms with E-state index in [1.54, 1.807) is 0 Å². The molecule has 0 fully saturated rings. The molecule has 0 radical (unpaired) electrons. The third-order valence-electron chi connectivity index (χ3n) is 1.25. The van der Waals surface area contributed by atoms with E-state index in [-0.39, 0.29) is 5.70 Å². The molecule has 0 atom stereocenters. The van der Waals surface area contributed by atoms with Crippen molar-refractivity contribution in [2.24, 2.45) is 5.73 Å². The first-order chi connectivity index (χ1) is 7.01. The SMILES string of the molecule is COC(=O)/C=C/C(Br)=C\C(=C\N)[N+](=O)[O-]. The van der Waals surface area contributed by atoms with E-state index in [2.05, 4.69) is 20.7 Å².